The first-order valence-electron chi connectivity index (χ1n) is 5.00. The Morgan fingerprint density at radius 1 is 1.24 bits per heavy atom. The Morgan fingerprint density at radius 3 is 2.24 bits per heavy atom. The van der Waals surface area contributed by atoms with Gasteiger partial charge >= 0.3 is 0 Å². The van der Waals surface area contributed by atoms with Gasteiger partial charge in [0.05, 0.1) is 18.1 Å². The minimum atomic E-state index is -3.68. The fraction of sp³-hybridized carbons (Fsp3) is 0.300. The molecule has 7 heteroatoms. The van der Waals surface area contributed by atoms with Crippen LogP contribution in [0.1, 0.15) is 0 Å². The zero-order chi connectivity index (χ0) is 12.6. The van der Waals surface area contributed by atoms with Gasteiger partial charge in [-0.15, -0.1) is 0 Å². The maximum Gasteiger partial charge on any atom is 0.242 e. The molecule has 92 valence electrons. The zero-order valence-electron chi connectivity index (χ0n) is 9.33. The average Bonchev–Trinajstić information content (AvgIpc) is 2.57. The second kappa shape index (κ2) is 4.10. The highest BCUT2D eigenvalue weighted by Gasteiger charge is 2.25. The molecule has 1 aliphatic rings. The number of likely N-dealkylation sites (N-methyl/N-ethyl adjacent to an activating group) is 1. The normalized spacial score (nSPS) is 17.8. The van der Waals surface area contributed by atoms with Gasteiger partial charge in [0.1, 0.15) is 0 Å². The Bertz CT molecular complexity index is 538. The van der Waals surface area contributed by atoms with Crippen LogP contribution in [0.4, 0.5) is 5.69 Å². The molecule has 1 aliphatic heterocycles. The van der Waals surface area contributed by atoms with Crippen molar-refractivity contribution in [3.05, 3.63) is 24.3 Å². The van der Waals surface area contributed by atoms with Gasteiger partial charge in [0, 0.05) is 5.69 Å². The van der Waals surface area contributed by atoms with Gasteiger partial charge in [0.2, 0.25) is 15.9 Å². The predicted octanol–water partition coefficient (Wildman–Crippen LogP) is -0.430. The molecular formula is C10H13N3O3S. The van der Waals surface area contributed by atoms with E-state index in [-0.39, 0.29) is 10.8 Å². The first-order valence-corrected chi connectivity index (χ1v) is 6.54. The van der Waals surface area contributed by atoms with Crippen LogP contribution in [0.2, 0.25) is 0 Å². The molecule has 0 atom stereocenters. The highest BCUT2D eigenvalue weighted by atomic mass is 32.2. The number of hydrogen-bond donors (Lipinski definition) is 1. The van der Waals surface area contributed by atoms with E-state index in [9.17, 15) is 13.2 Å². The summed E-state index contributed by atoms with van der Waals surface area (Å²) in [6.07, 6.45) is 0. The lowest BCUT2D eigenvalue weighted by Crippen LogP contribution is -2.26. The maximum atomic E-state index is 11.6. The van der Waals surface area contributed by atoms with E-state index in [1.165, 1.54) is 12.1 Å². The minimum Gasteiger partial charge on any atom is -0.298 e. The minimum absolute atomic E-state index is 0.00384. The van der Waals surface area contributed by atoms with E-state index in [0.717, 1.165) is 0 Å². The highest BCUT2D eigenvalue weighted by molar-refractivity contribution is 7.89. The quantitative estimate of drug-likeness (QED) is 0.777. The Balaban J connectivity index is 2.28. The largest absolute Gasteiger partial charge is 0.298 e. The van der Waals surface area contributed by atoms with Crippen molar-refractivity contribution in [3.63, 3.8) is 0 Å². The Hall–Kier alpha value is -1.44. The summed E-state index contributed by atoms with van der Waals surface area (Å²) in [5.41, 5.74) is 0.673. The number of amides is 1. The van der Waals surface area contributed by atoms with Crippen LogP contribution in [-0.2, 0) is 14.8 Å². The second-order valence-electron chi connectivity index (χ2n) is 4.02. The molecule has 1 aromatic rings. The van der Waals surface area contributed by atoms with Crippen LogP contribution in [0, 0.1) is 0 Å². The number of carbonyl (C=O) groups is 1. The van der Waals surface area contributed by atoms with Gasteiger partial charge in [-0.25, -0.2) is 13.6 Å². The standard InChI is InChI=1S/C10H13N3O3S/c1-12-6-10(14)13(7-12)8-2-4-9(5-3-8)17(11,15)16/h2-5H,6-7H2,1H3,(H2,11,15,16). The SMILES string of the molecule is CN1CC(=O)N(c2ccc(S(N)(=O)=O)cc2)C1. The monoisotopic (exact) mass is 255 g/mol. The second-order valence-corrected chi connectivity index (χ2v) is 5.58. The van der Waals surface area contributed by atoms with E-state index >= 15 is 0 Å². The predicted molar refractivity (Wildman–Crippen MR) is 62.8 cm³/mol. The number of benzene rings is 1. The molecule has 6 nitrogen and oxygen atoms in total. The van der Waals surface area contributed by atoms with E-state index < -0.39 is 10.0 Å². The zero-order valence-corrected chi connectivity index (χ0v) is 10.1. The third kappa shape index (κ3) is 2.46. The number of rotatable bonds is 2. The fourth-order valence-corrected chi connectivity index (χ4v) is 2.24. The topological polar surface area (TPSA) is 83.7 Å². The van der Waals surface area contributed by atoms with Crippen molar-refractivity contribution in [3.8, 4) is 0 Å². The van der Waals surface area contributed by atoms with Crippen molar-refractivity contribution in [2.45, 2.75) is 4.90 Å². The maximum absolute atomic E-state index is 11.6. The fourth-order valence-electron chi connectivity index (χ4n) is 1.73. The number of sulfonamides is 1. The summed E-state index contributed by atoms with van der Waals surface area (Å²) in [5.74, 6) is -0.00384. The molecule has 1 heterocycles. The molecule has 2 rings (SSSR count). The Kier molecular flexibility index (Phi) is 2.90. The van der Waals surface area contributed by atoms with Crippen molar-refractivity contribution in [2.75, 3.05) is 25.2 Å². The molecule has 0 saturated carbocycles. The van der Waals surface area contributed by atoms with Crippen molar-refractivity contribution in [2.24, 2.45) is 5.14 Å². The summed E-state index contributed by atoms with van der Waals surface area (Å²) < 4.78 is 22.1. The van der Waals surface area contributed by atoms with Gasteiger partial charge in [0.15, 0.2) is 0 Å². The smallest absolute Gasteiger partial charge is 0.242 e. The van der Waals surface area contributed by atoms with E-state index in [4.69, 9.17) is 5.14 Å². The van der Waals surface area contributed by atoms with Gasteiger partial charge in [0.25, 0.3) is 0 Å². The number of anilines is 1. The van der Waals surface area contributed by atoms with Crippen LogP contribution in [0.5, 0.6) is 0 Å². The summed E-state index contributed by atoms with van der Waals surface area (Å²) in [5, 5.41) is 4.99. The average molecular weight is 255 g/mol. The summed E-state index contributed by atoms with van der Waals surface area (Å²) in [6.45, 7) is 0.879. The van der Waals surface area contributed by atoms with Crippen molar-refractivity contribution < 1.29 is 13.2 Å². The number of nitrogens with two attached hydrogens (primary N) is 1. The third-order valence-electron chi connectivity index (χ3n) is 2.57. The molecule has 1 saturated heterocycles. The van der Waals surface area contributed by atoms with Crippen LogP contribution in [-0.4, -0.2) is 39.5 Å². The van der Waals surface area contributed by atoms with E-state index in [2.05, 4.69) is 0 Å². The molecule has 0 bridgehead atoms. The summed E-state index contributed by atoms with van der Waals surface area (Å²) in [7, 11) is -1.84. The van der Waals surface area contributed by atoms with Gasteiger partial charge in [-0.3, -0.25) is 14.6 Å². The molecule has 0 unspecified atom stereocenters. The first kappa shape index (κ1) is 12.0. The lowest BCUT2D eigenvalue weighted by molar-refractivity contribution is -0.116. The molecule has 17 heavy (non-hydrogen) atoms. The van der Waals surface area contributed by atoms with Crippen LogP contribution >= 0.6 is 0 Å². The van der Waals surface area contributed by atoms with Crippen LogP contribution in [0.25, 0.3) is 0 Å². The molecule has 2 N–H and O–H groups in total. The molecule has 1 amide bonds. The lowest BCUT2D eigenvalue weighted by Gasteiger charge is -2.16. The van der Waals surface area contributed by atoms with Gasteiger partial charge in [-0.2, -0.15) is 0 Å². The third-order valence-corrected chi connectivity index (χ3v) is 3.50. The first-order chi connectivity index (χ1) is 7.88. The lowest BCUT2D eigenvalue weighted by atomic mass is 10.3. The van der Waals surface area contributed by atoms with E-state index in [0.29, 0.717) is 18.9 Å². The summed E-state index contributed by atoms with van der Waals surface area (Å²) in [4.78, 5) is 15.1. The van der Waals surface area contributed by atoms with Gasteiger partial charge in [-0.05, 0) is 31.3 Å². The van der Waals surface area contributed by atoms with Crippen LogP contribution in [0.15, 0.2) is 29.2 Å². The molecule has 0 aromatic heterocycles. The van der Waals surface area contributed by atoms with Crippen LogP contribution in [0.3, 0.4) is 0 Å². The van der Waals surface area contributed by atoms with Crippen molar-refractivity contribution in [1.82, 2.24) is 4.90 Å². The molecule has 0 spiro atoms. The van der Waals surface area contributed by atoms with Crippen molar-refractivity contribution >= 4 is 21.6 Å². The van der Waals surface area contributed by atoms with Gasteiger partial charge < -0.3 is 0 Å². The number of primary sulfonamides is 1. The van der Waals surface area contributed by atoms with E-state index in [1.54, 1.807) is 17.0 Å². The van der Waals surface area contributed by atoms with Gasteiger partial charge in [-0.1, -0.05) is 0 Å². The molecule has 0 aliphatic carbocycles. The molecule has 1 fully saturated rings. The Morgan fingerprint density at radius 2 is 1.82 bits per heavy atom. The summed E-state index contributed by atoms with van der Waals surface area (Å²) >= 11 is 0. The molecular weight excluding hydrogens is 242 g/mol. The number of nitrogens with zero attached hydrogens (tertiary/aromatic N) is 2. The molecule has 0 radical (unpaired) electrons. The van der Waals surface area contributed by atoms with E-state index in [1.807, 2.05) is 11.9 Å². The highest BCUT2D eigenvalue weighted by Crippen LogP contribution is 2.20. The van der Waals surface area contributed by atoms with Crippen LogP contribution < -0.4 is 10.0 Å². The molecule has 1 aromatic carbocycles. The van der Waals surface area contributed by atoms with Crippen molar-refractivity contribution in [1.29, 1.82) is 0 Å². The number of carbonyl (C=O) groups excluding carboxylic acids is 1. The number of hydrogen-bond acceptors (Lipinski definition) is 4. The summed E-state index contributed by atoms with van der Waals surface area (Å²) in [6, 6.07) is 5.96. The Labute approximate surface area is 99.7 Å².